The second-order valence-corrected chi connectivity index (χ2v) is 6.16. The molecule has 1 atom stereocenters. The lowest BCUT2D eigenvalue weighted by molar-refractivity contribution is -0.137. The molecule has 1 rings (SSSR count). The van der Waals surface area contributed by atoms with Crippen molar-refractivity contribution in [1.82, 2.24) is 10.3 Å². The van der Waals surface area contributed by atoms with Crippen LogP contribution >= 0.6 is 27.3 Å². The van der Waals surface area contributed by atoms with E-state index >= 15 is 0 Å². The van der Waals surface area contributed by atoms with E-state index in [0.717, 1.165) is 3.79 Å². The van der Waals surface area contributed by atoms with Gasteiger partial charge in [0.15, 0.2) is 5.13 Å². The number of carbonyl (C=O) groups is 2. The molecule has 8 heteroatoms. The molecule has 0 radical (unpaired) electrons. The van der Waals surface area contributed by atoms with Crippen molar-refractivity contribution in [3.63, 3.8) is 0 Å². The molecule has 3 N–H and O–H groups in total. The molecule has 6 nitrogen and oxygen atoms in total. The van der Waals surface area contributed by atoms with Gasteiger partial charge >= 0.3 is 12.0 Å². The molecule has 100 valence electrons. The zero-order chi connectivity index (χ0) is 13.5. The molecule has 0 spiro atoms. The fraction of sp³-hybridized carbons (Fsp3) is 0.500. The van der Waals surface area contributed by atoms with Gasteiger partial charge < -0.3 is 10.4 Å². The summed E-state index contributed by atoms with van der Waals surface area (Å²) in [5.74, 6) is -0.820. The second-order valence-electron chi connectivity index (χ2n) is 3.76. The van der Waals surface area contributed by atoms with E-state index in [1.54, 1.807) is 6.20 Å². The first-order valence-electron chi connectivity index (χ1n) is 5.38. The number of halogens is 1. The number of nitrogens with zero attached hydrogens (tertiary/aromatic N) is 1. The Morgan fingerprint density at radius 2 is 2.33 bits per heavy atom. The van der Waals surface area contributed by atoms with Crippen LogP contribution < -0.4 is 10.6 Å². The van der Waals surface area contributed by atoms with Crippen LogP contribution in [0, 0.1) is 0 Å². The number of hydrogen-bond donors (Lipinski definition) is 3. The van der Waals surface area contributed by atoms with Crippen LogP contribution in [0.15, 0.2) is 9.98 Å². The third-order valence-electron chi connectivity index (χ3n) is 2.10. The molecular formula is C10H14BrN3O3S. The number of thiazole rings is 1. The minimum Gasteiger partial charge on any atom is -0.481 e. The van der Waals surface area contributed by atoms with Gasteiger partial charge in [0.05, 0.1) is 9.98 Å². The topological polar surface area (TPSA) is 91.3 Å². The molecule has 2 amide bonds. The minimum atomic E-state index is -0.820. The number of carboxylic acids is 1. The van der Waals surface area contributed by atoms with Crippen LogP contribution in [0.25, 0.3) is 0 Å². The van der Waals surface area contributed by atoms with Gasteiger partial charge in [0, 0.05) is 12.5 Å². The number of hydrogen-bond acceptors (Lipinski definition) is 4. The normalized spacial score (nSPS) is 11.9. The summed E-state index contributed by atoms with van der Waals surface area (Å²) in [5.41, 5.74) is 0. The Labute approximate surface area is 117 Å². The smallest absolute Gasteiger partial charge is 0.321 e. The monoisotopic (exact) mass is 335 g/mol. The molecule has 0 fully saturated rings. The highest BCUT2D eigenvalue weighted by Gasteiger charge is 2.09. The fourth-order valence-electron chi connectivity index (χ4n) is 1.30. The van der Waals surface area contributed by atoms with Crippen molar-refractivity contribution in [1.29, 1.82) is 0 Å². The van der Waals surface area contributed by atoms with Crippen LogP contribution in [0.5, 0.6) is 0 Å². The van der Waals surface area contributed by atoms with Gasteiger partial charge in [-0.1, -0.05) is 11.3 Å². The molecule has 1 unspecified atom stereocenters. The molecule has 0 aliphatic carbocycles. The van der Waals surface area contributed by atoms with Gasteiger partial charge in [-0.3, -0.25) is 10.1 Å². The summed E-state index contributed by atoms with van der Waals surface area (Å²) >= 11 is 4.57. The average Bonchev–Trinajstić information content (AvgIpc) is 2.62. The Bertz CT molecular complexity index is 424. The Morgan fingerprint density at radius 3 is 2.89 bits per heavy atom. The van der Waals surface area contributed by atoms with E-state index in [1.165, 1.54) is 11.3 Å². The highest BCUT2D eigenvalue weighted by Crippen LogP contribution is 2.22. The number of urea groups is 1. The van der Waals surface area contributed by atoms with Crippen LogP contribution in [-0.2, 0) is 4.79 Å². The Balaban J connectivity index is 2.25. The maximum Gasteiger partial charge on any atom is 0.321 e. The minimum absolute atomic E-state index is 0.0762. The van der Waals surface area contributed by atoms with Gasteiger partial charge in [-0.05, 0) is 35.7 Å². The molecule has 0 bridgehead atoms. The number of nitrogens with one attached hydrogen (secondary N) is 2. The lowest BCUT2D eigenvalue weighted by atomic mass is 10.1. The van der Waals surface area contributed by atoms with E-state index in [0.29, 0.717) is 18.0 Å². The molecule has 0 saturated carbocycles. The standard InChI is InChI=1S/C10H14BrN3O3S/c1-6(3-2-4-8(15)16)13-9(17)14-10-12-5-7(11)18-10/h5-6H,2-4H2,1H3,(H,15,16)(H2,12,13,14,17). The number of carboxylic acid groups (broad SMARTS) is 1. The van der Waals surface area contributed by atoms with Crippen molar-refractivity contribution >= 4 is 44.4 Å². The van der Waals surface area contributed by atoms with Crippen molar-refractivity contribution < 1.29 is 14.7 Å². The summed E-state index contributed by atoms with van der Waals surface area (Å²) in [6.07, 6.45) is 2.89. The second kappa shape index (κ2) is 7.32. The number of rotatable bonds is 6. The van der Waals surface area contributed by atoms with E-state index in [4.69, 9.17) is 5.11 Å². The van der Waals surface area contributed by atoms with Crippen LogP contribution in [0.3, 0.4) is 0 Å². The van der Waals surface area contributed by atoms with Gasteiger partial charge in [0.2, 0.25) is 0 Å². The number of carbonyl (C=O) groups excluding carboxylic acids is 1. The molecule has 0 aliphatic heterocycles. The number of aliphatic carboxylic acids is 1. The van der Waals surface area contributed by atoms with Crippen LogP contribution in [0.4, 0.5) is 9.93 Å². The van der Waals surface area contributed by atoms with Crippen molar-refractivity contribution in [2.75, 3.05) is 5.32 Å². The third-order valence-corrected chi connectivity index (χ3v) is 3.49. The lowest BCUT2D eigenvalue weighted by Gasteiger charge is -2.12. The molecule has 1 aromatic heterocycles. The zero-order valence-corrected chi connectivity index (χ0v) is 12.2. The number of aromatic nitrogens is 1. The van der Waals surface area contributed by atoms with Crippen LogP contribution in [0.1, 0.15) is 26.2 Å². The van der Waals surface area contributed by atoms with Crippen LogP contribution in [-0.4, -0.2) is 28.1 Å². The SMILES string of the molecule is CC(CCCC(=O)O)NC(=O)Nc1ncc(Br)s1. The molecular weight excluding hydrogens is 322 g/mol. The largest absolute Gasteiger partial charge is 0.481 e. The quantitative estimate of drug-likeness (QED) is 0.745. The third kappa shape index (κ3) is 5.97. The van der Waals surface area contributed by atoms with Crippen LogP contribution in [0.2, 0.25) is 0 Å². The zero-order valence-electron chi connectivity index (χ0n) is 9.77. The van der Waals surface area contributed by atoms with E-state index in [2.05, 4.69) is 31.5 Å². The van der Waals surface area contributed by atoms with Gasteiger partial charge in [-0.15, -0.1) is 0 Å². The highest BCUT2D eigenvalue weighted by molar-refractivity contribution is 9.11. The Kier molecular flexibility index (Phi) is 6.06. The summed E-state index contributed by atoms with van der Waals surface area (Å²) in [7, 11) is 0. The summed E-state index contributed by atoms with van der Waals surface area (Å²) in [6, 6.07) is -0.410. The highest BCUT2D eigenvalue weighted by atomic mass is 79.9. The average molecular weight is 336 g/mol. The Morgan fingerprint density at radius 1 is 1.61 bits per heavy atom. The summed E-state index contributed by atoms with van der Waals surface area (Å²) in [6.45, 7) is 1.83. The molecule has 0 aromatic carbocycles. The fourth-order valence-corrected chi connectivity index (χ4v) is 2.40. The first kappa shape index (κ1) is 14.9. The first-order chi connectivity index (χ1) is 8.47. The van der Waals surface area contributed by atoms with Crippen molar-refractivity contribution in [2.45, 2.75) is 32.2 Å². The van der Waals surface area contributed by atoms with E-state index in [1.807, 2.05) is 6.92 Å². The van der Waals surface area contributed by atoms with Crippen molar-refractivity contribution in [3.05, 3.63) is 9.98 Å². The van der Waals surface area contributed by atoms with E-state index in [9.17, 15) is 9.59 Å². The molecule has 18 heavy (non-hydrogen) atoms. The summed E-state index contributed by atoms with van der Waals surface area (Å²) in [5, 5.41) is 14.3. The first-order valence-corrected chi connectivity index (χ1v) is 6.99. The van der Waals surface area contributed by atoms with E-state index in [-0.39, 0.29) is 18.5 Å². The number of amides is 2. The molecule has 0 saturated heterocycles. The van der Waals surface area contributed by atoms with Gasteiger partial charge in [-0.2, -0.15) is 0 Å². The maximum atomic E-state index is 11.5. The molecule has 0 aliphatic rings. The predicted octanol–water partition coefficient (Wildman–Crippen LogP) is 2.67. The van der Waals surface area contributed by atoms with Gasteiger partial charge in [-0.25, -0.2) is 9.78 Å². The summed E-state index contributed by atoms with van der Waals surface area (Å²) in [4.78, 5) is 25.8. The van der Waals surface area contributed by atoms with Gasteiger partial charge in [0.1, 0.15) is 0 Å². The molecule has 1 aromatic rings. The summed E-state index contributed by atoms with van der Waals surface area (Å²) < 4.78 is 0.840. The molecule has 1 heterocycles. The van der Waals surface area contributed by atoms with E-state index < -0.39 is 5.97 Å². The maximum absolute atomic E-state index is 11.5. The van der Waals surface area contributed by atoms with Crippen molar-refractivity contribution in [3.8, 4) is 0 Å². The van der Waals surface area contributed by atoms with Gasteiger partial charge in [0.25, 0.3) is 0 Å². The lowest BCUT2D eigenvalue weighted by Crippen LogP contribution is -2.36. The Hall–Kier alpha value is -1.15. The van der Waals surface area contributed by atoms with Crippen molar-refractivity contribution in [2.24, 2.45) is 0 Å². The predicted molar refractivity (Wildman–Crippen MR) is 72.9 cm³/mol. The number of anilines is 1.